The smallest absolute Gasteiger partial charge is 0.346 e. The highest BCUT2D eigenvalue weighted by atomic mass is 32.2. The van der Waals surface area contributed by atoms with Crippen molar-refractivity contribution in [2.24, 2.45) is 22.7 Å². The lowest BCUT2D eigenvalue weighted by molar-refractivity contribution is -0.225. The summed E-state index contributed by atoms with van der Waals surface area (Å²) < 4.78 is 21.4. The topological polar surface area (TPSA) is 108 Å². The number of esters is 3. The van der Waals surface area contributed by atoms with Gasteiger partial charge in [-0.05, 0) is 96.7 Å². The van der Waals surface area contributed by atoms with Gasteiger partial charge in [0, 0.05) is 6.42 Å². The van der Waals surface area contributed by atoms with Crippen LogP contribution in [0.2, 0.25) is 0 Å². The zero-order valence-electron chi connectivity index (χ0n) is 24.1. The first kappa shape index (κ1) is 31.2. The van der Waals surface area contributed by atoms with Crippen LogP contribution in [-0.4, -0.2) is 65.2 Å². The predicted molar refractivity (Wildman–Crippen MR) is 145 cm³/mol. The van der Waals surface area contributed by atoms with E-state index in [1.165, 1.54) is 6.42 Å². The monoisotopic (exact) mass is 556 g/mol. The molecule has 4 bridgehead atoms. The van der Waals surface area contributed by atoms with Crippen LogP contribution < -0.4 is 0 Å². The van der Waals surface area contributed by atoms with Gasteiger partial charge in [0.2, 0.25) is 6.29 Å². The van der Waals surface area contributed by atoms with Gasteiger partial charge in [0.15, 0.2) is 6.61 Å². The second kappa shape index (κ2) is 12.5. The molecule has 1 saturated heterocycles. The minimum absolute atomic E-state index is 0.0828. The lowest BCUT2D eigenvalue weighted by atomic mass is 9.52. The van der Waals surface area contributed by atoms with E-state index in [4.69, 9.17) is 18.9 Å². The first-order chi connectivity index (χ1) is 17.7. The van der Waals surface area contributed by atoms with E-state index in [-0.39, 0.29) is 24.1 Å². The molecule has 1 aliphatic heterocycles. The maximum absolute atomic E-state index is 12.4. The summed E-state index contributed by atoms with van der Waals surface area (Å²) in [5.41, 5.74) is -1.90. The number of carbonyl (C=O) groups excluding carboxylic acids is 3. The molecular weight excluding hydrogens is 508 g/mol. The van der Waals surface area contributed by atoms with Crippen LogP contribution in [0.15, 0.2) is 0 Å². The molecule has 5 fully saturated rings. The van der Waals surface area contributed by atoms with Crippen LogP contribution in [0, 0.1) is 22.7 Å². The summed E-state index contributed by atoms with van der Waals surface area (Å²) in [6.45, 7) is 11.6. The largest absolute Gasteiger partial charge is 0.459 e. The van der Waals surface area contributed by atoms with Gasteiger partial charge >= 0.3 is 17.9 Å². The van der Waals surface area contributed by atoms with E-state index in [1.54, 1.807) is 25.6 Å². The summed E-state index contributed by atoms with van der Waals surface area (Å²) in [5, 5.41) is 10.6. The summed E-state index contributed by atoms with van der Waals surface area (Å²) in [7, 11) is 0. The fourth-order valence-corrected chi connectivity index (χ4v) is 6.89. The first-order valence-corrected chi connectivity index (χ1v) is 15.4. The van der Waals surface area contributed by atoms with Crippen molar-refractivity contribution in [1.29, 1.82) is 0 Å². The molecule has 8 nitrogen and oxygen atoms in total. The lowest BCUT2D eigenvalue weighted by Crippen LogP contribution is -2.61. The van der Waals surface area contributed by atoms with Crippen molar-refractivity contribution in [3.8, 4) is 0 Å². The second-order valence-corrected chi connectivity index (χ2v) is 14.2. The van der Waals surface area contributed by atoms with Crippen molar-refractivity contribution >= 4 is 29.7 Å². The molecule has 0 aromatic carbocycles. The Kier molecular flexibility index (Phi) is 10.2. The van der Waals surface area contributed by atoms with Gasteiger partial charge in [-0.3, -0.25) is 9.59 Å². The molecule has 1 N–H and O–H groups in total. The van der Waals surface area contributed by atoms with Gasteiger partial charge in [-0.1, -0.05) is 13.8 Å². The Balaban J connectivity index is 0.000000211. The quantitative estimate of drug-likeness (QED) is 0.325. The van der Waals surface area contributed by atoms with Gasteiger partial charge in [0.25, 0.3) is 0 Å². The number of ether oxygens (including phenoxy) is 4. The van der Waals surface area contributed by atoms with Crippen LogP contribution in [0.25, 0.3) is 0 Å². The fourth-order valence-electron chi connectivity index (χ4n) is 6.05. The van der Waals surface area contributed by atoms with Gasteiger partial charge in [-0.15, -0.1) is 0 Å². The molecule has 0 aromatic heterocycles. The molecule has 9 heteroatoms. The van der Waals surface area contributed by atoms with E-state index in [1.807, 2.05) is 27.7 Å². The Hall–Kier alpha value is -1.32. The van der Waals surface area contributed by atoms with Crippen LogP contribution in [-0.2, 0) is 33.3 Å². The number of hydrogen-bond acceptors (Lipinski definition) is 9. The SMILES string of the molecule is CCC(C)(C)C(=O)OC12CC3CC(CC(O)(C3)C1)C2.CCC(C)(C)C(=O)OCC(=O)OC1CSCCCO1. The molecule has 4 aliphatic carbocycles. The maximum atomic E-state index is 12.4. The van der Waals surface area contributed by atoms with E-state index in [2.05, 4.69) is 0 Å². The van der Waals surface area contributed by atoms with Crippen molar-refractivity contribution in [1.82, 2.24) is 0 Å². The average molecular weight is 557 g/mol. The molecule has 38 heavy (non-hydrogen) atoms. The van der Waals surface area contributed by atoms with Crippen LogP contribution in [0.5, 0.6) is 0 Å². The molecule has 4 saturated carbocycles. The molecule has 0 amide bonds. The molecule has 0 aromatic rings. The Morgan fingerprint density at radius 3 is 2.16 bits per heavy atom. The molecule has 0 spiro atoms. The highest BCUT2D eigenvalue weighted by molar-refractivity contribution is 7.99. The summed E-state index contributed by atoms with van der Waals surface area (Å²) >= 11 is 1.69. The highest BCUT2D eigenvalue weighted by Crippen LogP contribution is 2.59. The standard InChI is InChI=1S/C16H26O3.C13H22O5S/c1-4-14(2,3)13(17)19-16-8-11-5-12(9-16)7-15(18,6-11)10-16;1-4-13(2,3)12(15)17-8-10(14)18-11-9-19-7-5-6-16-11/h11-12,18H,4-10H2,1-3H3;11H,4-9H2,1-3H3. The molecular formula is C29H48O8S. The molecule has 3 atom stereocenters. The molecule has 5 rings (SSSR count). The zero-order valence-corrected chi connectivity index (χ0v) is 25.0. The third-order valence-electron chi connectivity index (χ3n) is 8.73. The number of thioether (sulfide) groups is 1. The summed E-state index contributed by atoms with van der Waals surface area (Å²) in [6.07, 6.45) is 7.53. The third kappa shape index (κ3) is 8.10. The van der Waals surface area contributed by atoms with E-state index in [9.17, 15) is 19.5 Å². The minimum atomic E-state index is -0.574. The van der Waals surface area contributed by atoms with Crippen LogP contribution in [0.1, 0.15) is 99.3 Å². The van der Waals surface area contributed by atoms with E-state index in [0.717, 1.165) is 44.3 Å². The van der Waals surface area contributed by atoms with E-state index in [0.29, 0.717) is 37.0 Å². The van der Waals surface area contributed by atoms with Crippen molar-refractivity contribution < 1.29 is 38.4 Å². The summed E-state index contributed by atoms with van der Waals surface area (Å²) in [5.74, 6) is 1.72. The Morgan fingerprint density at radius 1 is 0.974 bits per heavy atom. The van der Waals surface area contributed by atoms with Gasteiger partial charge in [-0.2, -0.15) is 11.8 Å². The average Bonchev–Trinajstić information content (AvgIpc) is 3.09. The van der Waals surface area contributed by atoms with Crippen molar-refractivity contribution in [3.63, 3.8) is 0 Å². The van der Waals surface area contributed by atoms with Gasteiger partial charge < -0.3 is 24.1 Å². The number of carbonyl (C=O) groups is 3. The normalized spacial score (nSPS) is 32.4. The van der Waals surface area contributed by atoms with Crippen LogP contribution in [0.4, 0.5) is 0 Å². The van der Waals surface area contributed by atoms with Crippen molar-refractivity contribution in [2.75, 3.05) is 24.7 Å². The maximum Gasteiger partial charge on any atom is 0.346 e. The second-order valence-electron chi connectivity index (χ2n) is 13.0. The minimum Gasteiger partial charge on any atom is -0.459 e. The molecule has 3 unspecified atom stereocenters. The van der Waals surface area contributed by atoms with E-state index >= 15 is 0 Å². The molecule has 0 radical (unpaired) electrons. The Morgan fingerprint density at radius 2 is 1.58 bits per heavy atom. The fraction of sp³-hybridized carbons (Fsp3) is 0.897. The van der Waals surface area contributed by atoms with Gasteiger partial charge in [0.1, 0.15) is 5.60 Å². The van der Waals surface area contributed by atoms with Gasteiger partial charge in [0.05, 0.1) is 28.8 Å². The van der Waals surface area contributed by atoms with Crippen LogP contribution >= 0.6 is 11.8 Å². The number of aliphatic hydroxyl groups is 1. The van der Waals surface area contributed by atoms with Gasteiger partial charge in [-0.25, -0.2) is 4.79 Å². The Labute approximate surface area is 232 Å². The lowest BCUT2D eigenvalue weighted by Gasteiger charge is -2.59. The summed E-state index contributed by atoms with van der Waals surface area (Å²) in [4.78, 5) is 35.6. The van der Waals surface area contributed by atoms with E-state index < -0.39 is 28.7 Å². The third-order valence-corrected chi connectivity index (χ3v) is 9.82. The zero-order chi connectivity index (χ0) is 28.2. The van der Waals surface area contributed by atoms with Crippen molar-refractivity contribution in [2.45, 2.75) is 117 Å². The number of rotatable bonds is 8. The van der Waals surface area contributed by atoms with Crippen molar-refractivity contribution in [3.05, 3.63) is 0 Å². The van der Waals surface area contributed by atoms with Crippen LogP contribution in [0.3, 0.4) is 0 Å². The number of hydrogen-bond donors (Lipinski definition) is 1. The Bertz CT molecular complexity index is 832. The highest BCUT2D eigenvalue weighted by Gasteiger charge is 2.59. The molecule has 1 heterocycles. The predicted octanol–water partition coefficient (Wildman–Crippen LogP) is 5.04. The molecule has 5 aliphatic rings. The molecule has 218 valence electrons. The summed E-state index contributed by atoms with van der Waals surface area (Å²) in [6, 6.07) is 0. The first-order valence-electron chi connectivity index (χ1n) is 14.2.